The summed E-state index contributed by atoms with van der Waals surface area (Å²) in [5.74, 6) is -0.906. The number of carbonyl (C=O) groups excluding carboxylic acids is 2. The highest BCUT2D eigenvalue weighted by atomic mass is 16.5. The van der Waals surface area contributed by atoms with E-state index in [1.165, 1.54) is 30.9 Å². The molecule has 0 atom stereocenters. The van der Waals surface area contributed by atoms with Crippen LogP contribution in [0.2, 0.25) is 0 Å². The number of rotatable bonds is 5. The van der Waals surface area contributed by atoms with Crippen molar-refractivity contribution in [2.24, 2.45) is 14.1 Å². The van der Waals surface area contributed by atoms with Crippen LogP contribution in [0.15, 0.2) is 21.9 Å². The summed E-state index contributed by atoms with van der Waals surface area (Å²) in [7, 11) is 2.84. The van der Waals surface area contributed by atoms with Crippen LogP contribution in [0, 0.1) is 0 Å². The van der Waals surface area contributed by atoms with Gasteiger partial charge >= 0.3 is 11.7 Å². The van der Waals surface area contributed by atoms with Gasteiger partial charge in [-0.2, -0.15) is 0 Å². The molecule has 9 heteroatoms. The van der Waals surface area contributed by atoms with Gasteiger partial charge < -0.3 is 10.1 Å². The second-order valence-electron chi connectivity index (χ2n) is 5.12. The number of hydrogen-bond acceptors (Lipinski definition) is 6. The number of pyridine rings is 1. The Hall–Kier alpha value is -2.97. The number of aryl methyl sites for hydroxylation is 1. The molecule has 9 nitrogen and oxygen atoms in total. The van der Waals surface area contributed by atoms with E-state index < -0.39 is 23.1 Å². The van der Waals surface area contributed by atoms with Gasteiger partial charge in [0.1, 0.15) is 5.39 Å². The number of anilines is 1. The molecular formula is C15H18N4O5. The molecule has 0 radical (unpaired) electrons. The van der Waals surface area contributed by atoms with Crippen LogP contribution in [0.3, 0.4) is 0 Å². The maximum atomic E-state index is 12.3. The van der Waals surface area contributed by atoms with Crippen molar-refractivity contribution in [1.29, 1.82) is 0 Å². The molecular weight excluding hydrogens is 316 g/mol. The Kier molecular flexibility index (Phi) is 5.12. The zero-order valence-electron chi connectivity index (χ0n) is 13.7. The van der Waals surface area contributed by atoms with E-state index in [9.17, 15) is 19.2 Å². The van der Waals surface area contributed by atoms with Gasteiger partial charge in [0.25, 0.3) is 5.56 Å². The van der Waals surface area contributed by atoms with E-state index in [1.807, 2.05) is 0 Å². The predicted molar refractivity (Wildman–Crippen MR) is 86.7 cm³/mol. The molecule has 0 saturated carbocycles. The Morgan fingerprint density at radius 2 is 1.92 bits per heavy atom. The summed E-state index contributed by atoms with van der Waals surface area (Å²) in [6.07, 6.45) is 1.26. The van der Waals surface area contributed by atoms with Gasteiger partial charge in [-0.05, 0) is 13.0 Å². The summed E-state index contributed by atoms with van der Waals surface area (Å²) in [5, 5.41) is 2.71. The van der Waals surface area contributed by atoms with Crippen molar-refractivity contribution < 1.29 is 14.3 Å². The van der Waals surface area contributed by atoms with Gasteiger partial charge in [-0.15, -0.1) is 0 Å². The topological polar surface area (TPSA) is 112 Å². The SMILES string of the molecule is CCOC(=O)CCC(=O)Nc1ccnc2c1c(=O)n(C)c(=O)n2C. The van der Waals surface area contributed by atoms with Crippen LogP contribution in [0.4, 0.5) is 5.69 Å². The van der Waals surface area contributed by atoms with Gasteiger partial charge in [0.15, 0.2) is 5.65 Å². The molecule has 0 bridgehead atoms. The van der Waals surface area contributed by atoms with Gasteiger partial charge in [-0.3, -0.25) is 23.5 Å². The first-order chi connectivity index (χ1) is 11.4. The number of fused-ring (bicyclic) bond motifs is 1. The Morgan fingerprint density at radius 1 is 1.21 bits per heavy atom. The molecule has 0 aliphatic carbocycles. The quantitative estimate of drug-likeness (QED) is 0.765. The van der Waals surface area contributed by atoms with E-state index in [-0.39, 0.29) is 36.2 Å². The summed E-state index contributed by atoms with van der Waals surface area (Å²) in [5.41, 5.74) is -0.649. The highest BCUT2D eigenvalue weighted by Gasteiger charge is 2.15. The van der Waals surface area contributed by atoms with Crippen molar-refractivity contribution in [3.63, 3.8) is 0 Å². The number of nitrogens with one attached hydrogen (secondary N) is 1. The predicted octanol–water partition coefficient (Wildman–Crippen LogP) is -0.0860. The van der Waals surface area contributed by atoms with Crippen molar-refractivity contribution >= 4 is 28.6 Å². The van der Waals surface area contributed by atoms with Gasteiger partial charge in [0.05, 0.1) is 18.7 Å². The highest BCUT2D eigenvalue weighted by Crippen LogP contribution is 2.16. The molecule has 1 amide bonds. The zero-order chi connectivity index (χ0) is 17.9. The summed E-state index contributed by atoms with van der Waals surface area (Å²) < 4.78 is 6.93. The lowest BCUT2D eigenvalue weighted by molar-refractivity contribution is -0.144. The van der Waals surface area contributed by atoms with Crippen molar-refractivity contribution in [3.8, 4) is 0 Å². The largest absolute Gasteiger partial charge is 0.466 e. The summed E-state index contributed by atoms with van der Waals surface area (Å²) in [4.78, 5) is 51.6. The van der Waals surface area contributed by atoms with E-state index in [0.29, 0.717) is 0 Å². The van der Waals surface area contributed by atoms with Crippen molar-refractivity contribution in [1.82, 2.24) is 14.1 Å². The molecule has 1 N–H and O–H groups in total. The Morgan fingerprint density at radius 3 is 2.58 bits per heavy atom. The number of esters is 1. The molecule has 0 aliphatic heterocycles. The molecule has 24 heavy (non-hydrogen) atoms. The standard InChI is InChI=1S/C15H18N4O5/c1-4-24-11(21)6-5-10(20)17-9-7-8-16-13-12(9)14(22)19(3)15(23)18(13)2/h7-8H,4-6H2,1-3H3,(H,16,17,20). The number of hydrogen-bond donors (Lipinski definition) is 1. The lowest BCUT2D eigenvalue weighted by atomic mass is 10.2. The van der Waals surface area contributed by atoms with Crippen LogP contribution in [0.1, 0.15) is 19.8 Å². The molecule has 0 spiro atoms. The Bertz CT molecular complexity index is 912. The first-order valence-electron chi connectivity index (χ1n) is 7.37. The third-order valence-corrected chi connectivity index (χ3v) is 3.48. The maximum absolute atomic E-state index is 12.3. The Balaban J connectivity index is 2.34. The van der Waals surface area contributed by atoms with Crippen LogP contribution in [0.25, 0.3) is 11.0 Å². The van der Waals surface area contributed by atoms with E-state index in [4.69, 9.17) is 4.74 Å². The van der Waals surface area contributed by atoms with Gasteiger partial charge in [-0.25, -0.2) is 9.78 Å². The third kappa shape index (κ3) is 3.34. The second-order valence-corrected chi connectivity index (χ2v) is 5.12. The smallest absolute Gasteiger partial charge is 0.332 e. The Labute approximate surface area is 136 Å². The summed E-state index contributed by atoms with van der Waals surface area (Å²) >= 11 is 0. The molecule has 0 unspecified atom stereocenters. The van der Waals surface area contributed by atoms with E-state index >= 15 is 0 Å². The van der Waals surface area contributed by atoms with Crippen LogP contribution in [0.5, 0.6) is 0 Å². The molecule has 2 aromatic rings. The highest BCUT2D eigenvalue weighted by molar-refractivity contribution is 6.00. The summed E-state index contributed by atoms with van der Waals surface area (Å²) in [6.45, 7) is 1.93. The van der Waals surface area contributed by atoms with E-state index in [2.05, 4.69) is 10.3 Å². The van der Waals surface area contributed by atoms with Crippen LogP contribution >= 0.6 is 0 Å². The molecule has 2 heterocycles. The average Bonchev–Trinajstić information content (AvgIpc) is 2.56. The van der Waals surface area contributed by atoms with Crippen molar-refractivity contribution in [2.45, 2.75) is 19.8 Å². The first kappa shape index (κ1) is 17.4. The fourth-order valence-corrected chi connectivity index (χ4v) is 2.25. The average molecular weight is 334 g/mol. The normalized spacial score (nSPS) is 10.6. The molecule has 128 valence electrons. The van der Waals surface area contributed by atoms with Crippen LogP contribution in [-0.2, 0) is 28.4 Å². The second kappa shape index (κ2) is 7.07. The van der Waals surface area contributed by atoms with Crippen molar-refractivity contribution in [3.05, 3.63) is 33.1 Å². The van der Waals surface area contributed by atoms with Gasteiger partial charge in [0, 0.05) is 26.7 Å². The molecule has 2 aromatic heterocycles. The maximum Gasteiger partial charge on any atom is 0.332 e. The fraction of sp³-hybridized carbons (Fsp3) is 0.400. The monoisotopic (exact) mass is 334 g/mol. The lowest BCUT2D eigenvalue weighted by Gasteiger charge is -2.11. The van der Waals surface area contributed by atoms with E-state index in [1.54, 1.807) is 6.92 Å². The van der Waals surface area contributed by atoms with E-state index in [0.717, 1.165) is 4.57 Å². The minimum Gasteiger partial charge on any atom is -0.466 e. The molecule has 0 aromatic carbocycles. The minimum absolute atomic E-state index is 0.0564. The van der Waals surface area contributed by atoms with Crippen molar-refractivity contribution in [2.75, 3.05) is 11.9 Å². The zero-order valence-corrected chi connectivity index (χ0v) is 13.7. The van der Waals surface area contributed by atoms with Gasteiger partial charge in [0.2, 0.25) is 5.91 Å². The number of carbonyl (C=O) groups is 2. The number of nitrogens with zero attached hydrogens (tertiary/aromatic N) is 3. The van der Waals surface area contributed by atoms with Crippen LogP contribution in [-0.4, -0.2) is 32.6 Å². The molecule has 2 rings (SSSR count). The summed E-state index contributed by atoms with van der Waals surface area (Å²) in [6, 6.07) is 1.47. The first-order valence-corrected chi connectivity index (χ1v) is 7.37. The molecule has 0 fully saturated rings. The minimum atomic E-state index is -0.554. The van der Waals surface area contributed by atoms with Crippen LogP contribution < -0.4 is 16.6 Å². The lowest BCUT2D eigenvalue weighted by Crippen LogP contribution is -2.37. The number of ether oxygens (including phenoxy) is 1. The molecule has 0 saturated heterocycles. The number of amides is 1. The fourth-order valence-electron chi connectivity index (χ4n) is 2.25. The third-order valence-electron chi connectivity index (χ3n) is 3.48. The number of aromatic nitrogens is 3. The molecule has 0 aliphatic rings. The van der Waals surface area contributed by atoms with Gasteiger partial charge in [-0.1, -0.05) is 0 Å².